The third kappa shape index (κ3) is 3.45. The maximum atomic E-state index is 12.4. The number of hydrogen-bond acceptors (Lipinski definition) is 5. The number of ether oxygens (including phenoxy) is 1. The molecule has 1 aliphatic heterocycles. The number of carbonyl (C=O) groups is 1. The number of rotatable bonds is 6. The van der Waals surface area contributed by atoms with E-state index in [1.807, 2.05) is 25.1 Å². The molecule has 0 bridgehead atoms. The standard InChI is InChI=1S/C18H17N3O2S/c1-3-9-24-18-14(11-20)16(13(10-19)17(22)21-18)12-7-5-6-8-15(12)23-4-2/h3,5-8,13,16H,1,4,9H2,2H3,(H,21,22)/t13-,16-/m1/s1. The van der Waals surface area contributed by atoms with Gasteiger partial charge in [0.25, 0.3) is 0 Å². The number of allylic oxidation sites excluding steroid dienone is 1. The summed E-state index contributed by atoms with van der Waals surface area (Å²) in [6.07, 6.45) is 1.69. The van der Waals surface area contributed by atoms with Gasteiger partial charge in [-0.15, -0.1) is 18.3 Å². The van der Waals surface area contributed by atoms with Crippen LogP contribution in [-0.2, 0) is 4.79 Å². The molecule has 5 nitrogen and oxygen atoms in total. The van der Waals surface area contributed by atoms with Gasteiger partial charge in [-0.05, 0) is 13.0 Å². The minimum Gasteiger partial charge on any atom is -0.494 e. The Morgan fingerprint density at radius 2 is 2.17 bits per heavy atom. The summed E-state index contributed by atoms with van der Waals surface area (Å²) in [5.41, 5.74) is 1.05. The van der Waals surface area contributed by atoms with Crippen LogP contribution in [0.1, 0.15) is 18.4 Å². The van der Waals surface area contributed by atoms with E-state index in [0.29, 0.717) is 34.3 Å². The van der Waals surface area contributed by atoms with Gasteiger partial charge < -0.3 is 10.1 Å². The lowest BCUT2D eigenvalue weighted by molar-refractivity contribution is -0.123. The van der Waals surface area contributed by atoms with Gasteiger partial charge in [-0.2, -0.15) is 10.5 Å². The normalized spacial score (nSPS) is 19.9. The highest BCUT2D eigenvalue weighted by molar-refractivity contribution is 8.03. The number of carbonyl (C=O) groups excluding carboxylic acids is 1. The maximum absolute atomic E-state index is 12.4. The molecule has 1 amide bonds. The highest BCUT2D eigenvalue weighted by atomic mass is 32.2. The van der Waals surface area contributed by atoms with Crippen molar-refractivity contribution in [3.63, 3.8) is 0 Å². The highest BCUT2D eigenvalue weighted by Crippen LogP contribution is 2.42. The molecule has 122 valence electrons. The van der Waals surface area contributed by atoms with Crippen LogP contribution in [0.2, 0.25) is 0 Å². The Labute approximate surface area is 145 Å². The zero-order valence-electron chi connectivity index (χ0n) is 13.3. The Morgan fingerprint density at radius 3 is 2.79 bits per heavy atom. The molecule has 24 heavy (non-hydrogen) atoms. The molecular formula is C18H17N3O2S. The lowest BCUT2D eigenvalue weighted by atomic mass is 9.79. The molecule has 0 saturated heterocycles. The van der Waals surface area contributed by atoms with Gasteiger partial charge in [0.15, 0.2) is 0 Å². The van der Waals surface area contributed by atoms with Crippen molar-refractivity contribution in [1.29, 1.82) is 10.5 Å². The summed E-state index contributed by atoms with van der Waals surface area (Å²) in [5, 5.41) is 22.3. The quantitative estimate of drug-likeness (QED) is 0.805. The number of hydrogen-bond donors (Lipinski definition) is 1. The first-order chi connectivity index (χ1) is 11.7. The lowest BCUT2D eigenvalue weighted by Gasteiger charge is -2.29. The van der Waals surface area contributed by atoms with Crippen LogP contribution < -0.4 is 10.1 Å². The fourth-order valence-corrected chi connectivity index (χ4v) is 3.37. The second-order valence-electron chi connectivity index (χ2n) is 5.00. The molecule has 1 aromatic carbocycles. The first-order valence-electron chi connectivity index (χ1n) is 7.48. The molecule has 1 aliphatic rings. The molecule has 0 fully saturated rings. The minimum absolute atomic E-state index is 0.375. The Morgan fingerprint density at radius 1 is 1.42 bits per heavy atom. The van der Waals surface area contributed by atoms with Crippen LogP contribution in [0.3, 0.4) is 0 Å². The number of benzene rings is 1. The molecule has 0 saturated carbocycles. The van der Waals surface area contributed by atoms with Gasteiger partial charge in [0.2, 0.25) is 5.91 Å². The molecule has 0 aromatic heterocycles. The average molecular weight is 339 g/mol. The van der Waals surface area contributed by atoms with Crippen molar-refractivity contribution in [3.8, 4) is 17.9 Å². The van der Waals surface area contributed by atoms with Crippen molar-refractivity contribution in [3.05, 3.63) is 53.1 Å². The Balaban J connectivity index is 2.61. The summed E-state index contributed by atoms with van der Waals surface area (Å²) in [6, 6.07) is 11.4. The Bertz CT molecular complexity index is 758. The van der Waals surface area contributed by atoms with Gasteiger partial charge in [-0.1, -0.05) is 24.3 Å². The SMILES string of the molecule is C=CCSC1=C(C#N)[C@H](c2ccccc2OCC)[C@@H](C#N)C(=O)N1. The molecule has 1 heterocycles. The zero-order valence-corrected chi connectivity index (χ0v) is 14.1. The summed E-state index contributed by atoms with van der Waals surface area (Å²) in [5.74, 6) is -0.893. The highest BCUT2D eigenvalue weighted by Gasteiger charge is 2.40. The first kappa shape index (κ1) is 17.7. The van der Waals surface area contributed by atoms with Crippen LogP contribution >= 0.6 is 11.8 Å². The van der Waals surface area contributed by atoms with Crippen LogP contribution in [0.15, 0.2) is 47.5 Å². The van der Waals surface area contributed by atoms with Crippen molar-refractivity contribution in [2.45, 2.75) is 12.8 Å². The Kier molecular flexibility index (Phi) is 6.06. The van der Waals surface area contributed by atoms with E-state index in [4.69, 9.17) is 4.74 Å². The number of nitrogens with one attached hydrogen (secondary N) is 1. The molecule has 2 rings (SSSR count). The number of nitriles is 2. The fourth-order valence-electron chi connectivity index (χ4n) is 2.59. The summed E-state index contributed by atoms with van der Waals surface area (Å²) >= 11 is 1.32. The molecule has 0 spiro atoms. The van der Waals surface area contributed by atoms with Crippen molar-refractivity contribution in [2.24, 2.45) is 5.92 Å². The van der Waals surface area contributed by atoms with E-state index >= 15 is 0 Å². The third-order valence-electron chi connectivity index (χ3n) is 3.57. The van der Waals surface area contributed by atoms with Gasteiger partial charge in [-0.3, -0.25) is 4.79 Å². The molecule has 2 atom stereocenters. The lowest BCUT2D eigenvalue weighted by Crippen LogP contribution is -2.39. The van der Waals surface area contributed by atoms with Crippen LogP contribution in [0.25, 0.3) is 0 Å². The zero-order chi connectivity index (χ0) is 17.5. The molecule has 1 N–H and O–H groups in total. The van der Waals surface area contributed by atoms with Gasteiger partial charge in [-0.25, -0.2) is 0 Å². The van der Waals surface area contributed by atoms with Gasteiger partial charge >= 0.3 is 0 Å². The first-order valence-corrected chi connectivity index (χ1v) is 8.46. The second kappa shape index (κ2) is 8.24. The van der Waals surface area contributed by atoms with E-state index in [1.165, 1.54) is 11.8 Å². The van der Waals surface area contributed by atoms with E-state index < -0.39 is 17.7 Å². The van der Waals surface area contributed by atoms with Crippen molar-refractivity contribution >= 4 is 17.7 Å². The monoisotopic (exact) mass is 339 g/mol. The van der Waals surface area contributed by atoms with E-state index in [0.717, 1.165) is 0 Å². The second-order valence-corrected chi connectivity index (χ2v) is 6.03. The van der Waals surface area contributed by atoms with E-state index in [9.17, 15) is 15.3 Å². The fraction of sp³-hybridized carbons (Fsp3) is 0.278. The van der Waals surface area contributed by atoms with Crippen LogP contribution in [0, 0.1) is 28.6 Å². The largest absolute Gasteiger partial charge is 0.494 e. The molecule has 0 radical (unpaired) electrons. The average Bonchev–Trinajstić information content (AvgIpc) is 2.60. The van der Waals surface area contributed by atoms with E-state index in [-0.39, 0.29) is 0 Å². The van der Waals surface area contributed by atoms with E-state index in [1.54, 1.807) is 18.2 Å². The predicted octanol–water partition coefficient (Wildman–Crippen LogP) is 3.09. The topological polar surface area (TPSA) is 85.9 Å². The van der Waals surface area contributed by atoms with Crippen molar-refractivity contribution in [1.82, 2.24) is 5.32 Å². The molecule has 1 aromatic rings. The third-order valence-corrected chi connectivity index (χ3v) is 4.58. The molecule has 0 unspecified atom stereocenters. The summed E-state index contributed by atoms with van der Waals surface area (Å²) < 4.78 is 5.63. The summed E-state index contributed by atoms with van der Waals surface area (Å²) in [7, 11) is 0. The number of amides is 1. The van der Waals surface area contributed by atoms with Crippen molar-refractivity contribution < 1.29 is 9.53 Å². The summed E-state index contributed by atoms with van der Waals surface area (Å²) in [4.78, 5) is 12.4. The van der Waals surface area contributed by atoms with Gasteiger partial charge in [0, 0.05) is 11.3 Å². The van der Waals surface area contributed by atoms with Gasteiger partial charge in [0.1, 0.15) is 11.7 Å². The maximum Gasteiger partial charge on any atom is 0.243 e. The number of thioether (sulfide) groups is 1. The smallest absolute Gasteiger partial charge is 0.243 e. The molecule has 6 heteroatoms. The predicted molar refractivity (Wildman–Crippen MR) is 92.9 cm³/mol. The Hall–Kier alpha value is -2.70. The van der Waals surface area contributed by atoms with Crippen LogP contribution in [0.5, 0.6) is 5.75 Å². The summed E-state index contributed by atoms with van der Waals surface area (Å²) in [6.45, 7) is 5.97. The molecular weight excluding hydrogens is 322 g/mol. The van der Waals surface area contributed by atoms with Crippen LogP contribution in [-0.4, -0.2) is 18.3 Å². The number of nitrogens with zero attached hydrogens (tertiary/aromatic N) is 2. The van der Waals surface area contributed by atoms with Crippen LogP contribution in [0.4, 0.5) is 0 Å². The minimum atomic E-state index is -0.977. The van der Waals surface area contributed by atoms with E-state index in [2.05, 4.69) is 18.0 Å². The molecule has 0 aliphatic carbocycles. The number of para-hydroxylation sites is 1. The van der Waals surface area contributed by atoms with Crippen molar-refractivity contribution in [2.75, 3.05) is 12.4 Å². The van der Waals surface area contributed by atoms with Gasteiger partial charge in [0.05, 0.1) is 35.3 Å².